The summed E-state index contributed by atoms with van der Waals surface area (Å²) in [5, 5.41) is 3.54. The van der Waals surface area contributed by atoms with Crippen molar-refractivity contribution in [2.45, 2.75) is 37.6 Å². The Bertz CT molecular complexity index is 419. The molecule has 3 rings (SSSR count). The SMILES string of the molecule is COC1CN(c2ccc(CNC3CC3)cc2)CC1OC. The van der Waals surface area contributed by atoms with E-state index in [9.17, 15) is 0 Å². The molecule has 0 radical (unpaired) electrons. The van der Waals surface area contributed by atoms with Gasteiger partial charge in [-0.25, -0.2) is 0 Å². The largest absolute Gasteiger partial charge is 0.377 e. The van der Waals surface area contributed by atoms with Crippen molar-refractivity contribution < 1.29 is 9.47 Å². The van der Waals surface area contributed by atoms with E-state index in [1.807, 2.05) is 0 Å². The van der Waals surface area contributed by atoms with Crippen molar-refractivity contribution in [3.63, 3.8) is 0 Å². The fourth-order valence-corrected chi connectivity index (χ4v) is 2.78. The molecule has 1 N–H and O–H groups in total. The highest BCUT2D eigenvalue weighted by molar-refractivity contribution is 5.49. The number of hydrogen-bond acceptors (Lipinski definition) is 4. The number of anilines is 1. The van der Waals surface area contributed by atoms with E-state index in [0.29, 0.717) is 0 Å². The molecular formula is C16H24N2O2. The third-order valence-electron chi connectivity index (χ3n) is 4.29. The van der Waals surface area contributed by atoms with Crippen LogP contribution in [0.1, 0.15) is 18.4 Å². The lowest BCUT2D eigenvalue weighted by atomic mass is 10.2. The molecule has 1 saturated heterocycles. The Balaban J connectivity index is 1.59. The van der Waals surface area contributed by atoms with Crippen molar-refractivity contribution in [1.82, 2.24) is 5.32 Å². The number of nitrogens with zero attached hydrogens (tertiary/aromatic N) is 1. The first-order valence-electron chi connectivity index (χ1n) is 7.43. The Morgan fingerprint density at radius 2 is 1.65 bits per heavy atom. The summed E-state index contributed by atoms with van der Waals surface area (Å²) in [6.07, 6.45) is 3.00. The molecule has 4 heteroatoms. The Kier molecular flexibility index (Phi) is 4.24. The van der Waals surface area contributed by atoms with E-state index in [0.717, 1.165) is 25.7 Å². The zero-order valence-electron chi connectivity index (χ0n) is 12.3. The number of nitrogens with one attached hydrogen (secondary N) is 1. The van der Waals surface area contributed by atoms with Crippen molar-refractivity contribution in [3.8, 4) is 0 Å². The van der Waals surface area contributed by atoms with Crippen LogP contribution in [0.3, 0.4) is 0 Å². The fraction of sp³-hybridized carbons (Fsp3) is 0.625. The lowest BCUT2D eigenvalue weighted by molar-refractivity contribution is -0.00461. The Morgan fingerprint density at radius 1 is 1.05 bits per heavy atom. The van der Waals surface area contributed by atoms with Crippen molar-refractivity contribution in [2.75, 3.05) is 32.2 Å². The van der Waals surface area contributed by atoms with Crippen LogP contribution < -0.4 is 10.2 Å². The summed E-state index contributed by atoms with van der Waals surface area (Å²) in [6, 6.07) is 9.60. The first kappa shape index (κ1) is 13.9. The maximum atomic E-state index is 5.49. The van der Waals surface area contributed by atoms with E-state index >= 15 is 0 Å². The molecule has 20 heavy (non-hydrogen) atoms. The summed E-state index contributed by atoms with van der Waals surface area (Å²) in [6.45, 7) is 2.77. The highest BCUT2D eigenvalue weighted by Gasteiger charge is 2.32. The Morgan fingerprint density at radius 3 is 2.15 bits per heavy atom. The molecule has 1 heterocycles. The van der Waals surface area contributed by atoms with Crippen molar-refractivity contribution in [2.24, 2.45) is 0 Å². The normalized spacial score (nSPS) is 26.2. The van der Waals surface area contributed by atoms with Crippen LogP contribution in [0.15, 0.2) is 24.3 Å². The molecule has 0 bridgehead atoms. The highest BCUT2D eigenvalue weighted by atomic mass is 16.5. The maximum absolute atomic E-state index is 5.49. The van der Waals surface area contributed by atoms with Gasteiger partial charge in [0.1, 0.15) is 12.2 Å². The van der Waals surface area contributed by atoms with Gasteiger partial charge in [0.05, 0.1) is 0 Å². The molecule has 1 saturated carbocycles. The van der Waals surface area contributed by atoms with Gasteiger partial charge < -0.3 is 19.7 Å². The number of ether oxygens (including phenoxy) is 2. The molecule has 2 aliphatic rings. The minimum Gasteiger partial charge on any atom is -0.377 e. The van der Waals surface area contributed by atoms with E-state index in [1.54, 1.807) is 14.2 Å². The minimum absolute atomic E-state index is 0.163. The van der Waals surface area contributed by atoms with Crippen molar-refractivity contribution in [1.29, 1.82) is 0 Å². The van der Waals surface area contributed by atoms with Gasteiger partial charge >= 0.3 is 0 Å². The van der Waals surface area contributed by atoms with E-state index in [2.05, 4.69) is 34.5 Å². The third-order valence-corrected chi connectivity index (χ3v) is 4.29. The van der Waals surface area contributed by atoms with Crippen LogP contribution in [-0.2, 0) is 16.0 Å². The van der Waals surface area contributed by atoms with Gasteiger partial charge in [0, 0.05) is 45.6 Å². The predicted molar refractivity (Wildman–Crippen MR) is 80.1 cm³/mol. The molecular weight excluding hydrogens is 252 g/mol. The second-order valence-electron chi connectivity index (χ2n) is 5.77. The average Bonchev–Trinajstić information content (AvgIpc) is 3.23. The Hall–Kier alpha value is -1.10. The van der Waals surface area contributed by atoms with E-state index < -0.39 is 0 Å². The quantitative estimate of drug-likeness (QED) is 0.859. The van der Waals surface area contributed by atoms with Gasteiger partial charge in [-0.2, -0.15) is 0 Å². The fourth-order valence-electron chi connectivity index (χ4n) is 2.78. The van der Waals surface area contributed by atoms with Crippen LogP contribution in [0.2, 0.25) is 0 Å². The minimum atomic E-state index is 0.163. The zero-order chi connectivity index (χ0) is 13.9. The molecule has 2 atom stereocenters. The first-order chi connectivity index (χ1) is 9.80. The summed E-state index contributed by atoms with van der Waals surface area (Å²) in [5.74, 6) is 0. The van der Waals surface area contributed by atoms with E-state index in [-0.39, 0.29) is 12.2 Å². The number of benzene rings is 1. The van der Waals surface area contributed by atoms with E-state index in [1.165, 1.54) is 24.1 Å². The lowest BCUT2D eigenvalue weighted by Crippen LogP contribution is -2.27. The molecule has 4 nitrogen and oxygen atoms in total. The van der Waals surface area contributed by atoms with Crippen LogP contribution in [0, 0.1) is 0 Å². The van der Waals surface area contributed by atoms with E-state index in [4.69, 9.17) is 9.47 Å². The first-order valence-corrected chi connectivity index (χ1v) is 7.43. The van der Waals surface area contributed by atoms with Gasteiger partial charge in [-0.1, -0.05) is 12.1 Å². The van der Waals surface area contributed by atoms with Crippen LogP contribution >= 0.6 is 0 Å². The highest BCUT2D eigenvalue weighted by Crippen LogP contribution is 2.24. The molecule has 1 aliphatic heterocycles. The zero-order valence-corrected chi connectivity index (χ0v) is 12.3. The van der Waals surface area contributed by atoms with Crippen LogP contribution in [0.4, 0.5) is 5.69 Å². The van der Waals surface area contributed by atoms with Crippen LogP contribution in [0.25, 0.3) is 0 Å². The van der Waals surface area contributed by atoms with Crippen LogP contribution in [0.5, 0.6) is 0 Å². The molecule has 1 aromatic carbocycles. The topological polar surface area (TPSA) is 33.7 Å². The molecule has 0 aromatic heterocycles. The third kappa shape index (κ3) is 3.14. The standard InChI is InChI=1S/C16H24N2O2/c1-19-15-10-18(11-16(15)20-2)14-7-3-12(4-8-14)9-17-13-5-6-13/h3-4,7-8,13,15-17H,5-6,9-11H2,1-2H3. The number of methoxy groups -OCH3 is 2. The second kappa shape index (κ2) is 6.12. The van der Waals surface area contributed by atoms with Gasteiger partial charge in [-0.15, -0.1) is 0 Å². The summed E-state index contributed by atoms with van der Waals surface area (Å²) >= 11 is 0. The molecule has 2 fully saturated rings. The summed E-state index contributed by atoms with van der Waals surface area (Å²) in [4.78, 5) is 2.33. The van der Waals surface area contributed by atoms with Gasteiger partial charge in [0.25, 0.3) is 0 Å². The monoisotopic (exact) mass is 276 g/mol. The van der Waals surface area contributed by atoms with Crippen molar-refractivity contribution in [3.05, 3.63) is 29.8 Å². The Labute approximate surface area is 121 Å². The molecule has 0 spiro atoms. The molecule has 110 valence electrons. The lowest BCUT2D eigenvalue weighted by Gasteiger charge is -2.18. The van der Waals surface area contributed by atoms with Crippen molar-refractivity contribution >= 4 is 5.69 Å². The summed E-state index contributed by atoms with van der Waals surface area (Å²) in [7, 11) is 3.51. The second-order valence-corrected chi connectivity index (χ2v) is 5.77. The molecule has 2 unspecified atom stereocenters. The smallest absolute Gasteiger partial charge is 0.102 e. The summed E-state index contributed by atoms with van der Waals surface area (Å²) in [5.41, 5.74) is 2.60. The van der Waals surface area contributed by atoms with Gasteiger partial charge in [0.15, 0.2) is 0 Å². The molecule has 1 aliphatic carbocycles. The van der Waals surface area contributed by atoms with Crippen LogP contribution in [-0.4, -0.2) is 45.6 Å². The molecule has 1 aromatic rings. The van der Waals surface area contributed by atoms with Gasteiger partial charge in [-0.05, 0) is 30.5 Å². The number of hydrogen-bond donors (Lipinski definition) is 1. The van der Waals surface area contributed by atoms with Gasteiger partial charge in [0.2, 0.25) is 0 Å². The van der Waals surface area contributed by atoms with Gasteiger partial charge in [-0.3, -0.25) is 0 Å². The average molecular weight is 276 g/mol. The maximum Gasteiger partial charge on any atom is 0.102 e. The molecule has 0 amide bonds. The predicted octanol–water partition coefficient (Wildman–Crippen LogP) is 1.79. The summed E-state index contributed by atoms with van der Waals surface area (Å²) < 4.78 is 11.0. The number of rotatable bonds is 6.